The zero-order valence-electron chi connectivity index (χ0n) is 11.6. The van der Waals surface area contributed by atoms with Crippen molar-refractivity contribution in [2.45, 2.75) is 57.5 Å². The predicted molar refractivity (Wildman–Crippen MR) is 77.0 cm³/mol. The Hall–Kier alpha value is -1.02. The third-order valence-corrected chi connectivity index (χ3v) is 4.49. The molecule has 1 saturated carbocycles. The first-order chi connectivity index (χ1) is 8.57. The van der Waals surface area contributed by atoms with E-state index in [1.54, 1.807) is 0 Å². The van der Waals surface area contributed by atoms with Crippen LogP contribution in [-0.4, -0.2) is 12.6 Å². The molecule has 1 heterocycles. The normalized spacial score (nSPS) is 20.5. The first-order valence-electron chi connectivity index (χ1n) is 7.25. The monoisotopic (exact) mass is 244 g/mol. The van der Waals surface area contributed by atoms with Crippen molar-refractivity contribution >= 4 is 5.69 Å². The number of benzene rings is 1. The largest absolute Gasteiger partial charge is 0.368 e. The molecule has 0 saturated heterocycles. The Kier molecular flexibility index (Phi) is 2.86. The lowest BCUT2D eigenvalue weighted by Gasteiger charge is -2.32. The molecule has 18 heavy (non-hydrogen) atoms. The zero-order chi connectivity index (χ0) is 12.8. The van der Waals surface area contributed by atoms with Crippen LogP contribution in [0.15, 0.2) is 18.2 Å². The molecule has 0 unspecified atom stereocenters. The van der Waals surface area contributed by atoms with Crippen molar-refractivity contribution in [1.82, 2.24) is 0 Å². The molecule has 0 amide bonds. The van der Waals surface area contributed by atoms with Gasteiger partial charge in [-0.2, -0.15) is 0 Å². The molecule has 2 nitrogen and oxygen atoms in total. The van der Waals surface area contributed by atoms with Gasteiger partial charge in [0, 0.05) is 23.8 Å². The first kappa shape index (κ1) is 12.0. The lowest BCUT2D eigenvalue weighted by atomic mass is 9.91. The van der Waals surface area contributed by atoms with Crippen LogP contribution in [0.3, 0.4) is 0 Å². The molecular weight excluding hydrogens is 220 g/mol. The second-order valence-electron chi connectivity index (χ2n) is 6.42. The van der Waals surface area contributed by atoms with Crippen molar-refractivity contribution in [3.05, 3.63) is 29.3 Å². The van der Waals surface area contributed by atoms with E-state index in [-0.39, 0.29) is 5.54 Å². The van der Waals surface area contributed by atoms with E-state index in [4.69, 9.17) is 5.73 Å². The highest BCUT2D eigenvalue weighted by atomic mass is 15.2. The number of hydrogen-bond donors (Lipinski definition) is 1. The predicted octanol–water partition coefficient (Wildman–Crippen LogP) is 3.19. The van der Waals surface area contributed by atoms with Crippen molar-refractivity contribution in [2.75, 3.05) is 11.4 Å². The zero-order valence-corrected chi connectivity index (χ0v) is 11.6. The van der Waals surface area contributed by atoms with Crippen molar-refractivity contribution in [3.63, 3.8) is 0 Å². The summed E-state index contributed by atoms with van der Waals surface area (Å²) in [6.45, 7) is 5.43. The van der Waals surface area contributed by atoms with Gasteiger partial charge in [0.15, 0.2) is 0 Å². The van der Waals surface area contributed by atoms with Gasteiger partial charge >= 0.3 is 0 Å². The highest BCUT2D eigenvalue weighted by Gasteiger charge is 2.32. The standard InChI is InChI=1S/C16H24N2/c1-16(2,17)14-9-5-6-12-10-11-18(15(12)14)13-7-3-4-8-13/h5-6,9,13H,3-4,7-8,10-11,17H2,1-2H3. The Morgan fingerprint density at radius 3 is 2.61 bits per heavy atom. The average molecular weight is 244 g/mol. The van der Waals surface area contributed by atoms with Crippen LogP contribution in [0.2, 0.25) is 0 Å². The number of fused-ring (bicyclic) bond motifs is 1. The summed E-state index contributed by atoms with van der Waals surface area (Å²) >= 11 is 0. The Morgan fingerprint density at radius 1 is 1.22 bits per heavy atom. The number of rotatable bonds is 2. The van der Waals surface area contributed by atoms with Gasteiger partial charge < -0.3 is 10.6 Å². The number of para-hydroxylation sites is 1. The summed E-state index contributed by atoms with van der Waals surface area (Å²) in [5.41, 5.74) is 10.4. The molecule has 0 atom stereocenters. The molecule has 3 rings (SSSR count). The van der Waals surface area contributed by atoms with Gasteiger partial charge in [-0.25, -0.2) is 0 Å². The summed E-state index contributed by atoms with van der Waals surface area (Å²) in [4.78, 5) is 2.65. The number of nitrogens with zero attached hydrogens (tertiary/aromatic N) is 1. The molecule has 0 bridgehead atoms. The SMILES string of the molecule is CC(C)(N)c1cccc2c1N(C1CCCC1)CC2. The van der Waals surface area contributed by atoms with Crippen LogP contribution in [0.4, 0.5) is 5.69 Å². The summed E-state index contributed by atoms with van der Waals surface area (Å²) in [7, 11) is 0. The highest BCUT2D eigenvalue weighted by molar-refractivity contribution is 5.65. The molecule has 2 heteroatoms. The molecule has 2 N–H and O–H groups in total. The van der Waals surface area contributed by atoms with Crippen molar-refractivity contribution in [2.24, 2.45) is 5.73 Å². The van der Waals surface area contributed by atoms with Crippen molar-refractivity contribution < 1.29 is 0 Å². The summed E-state index contributed by atoms with van der Waals surface area (Å²) in [5, 5.41) is 0. The highest BCUT2D eigenvalue weighted by Crippen LogP contribution is 2.40. The Labute approximate surface area is 110 Å². The summed E-state index contributed by atoms with van der Waals surface area (Å²) in [6.07, 6.45) is 6.70. The van der Waals surface area contributed by atoms with E-state index in [2.05, 4.69) is 36.9 Å². The Bertz CT molecular complexity index is 439. The van der Waals surface area contributed by atoms with Gasteiger partial charge in [0.2, 0.25) is 0 Å². The fourth-order valence-corrected chi connectivity index (χ4v) is 3.59. The summed E-state index contributed by atoms with van der Waals surface area (Å²) in [6, 6.07) is 7.42. The molecular formula is C16H24N2. The fraction of sp³-hybridized carbons (Fsp3) is 0.625. The summed E-state index contributed by atoms with van der Waals surface area (Å²) < 4.78 is 0. The molecule has 1 aliphatic carbocycles. The van der Waals surface area contributed by atoms with Crippen LogP contribution in [-0.2, 0) is 12.0 Å². The molecule has 2 aliphatic rings. The summed E-state index contributed by atoms with van der Waals surface area (Å²) in [5.74, 6) is 0. The lowest BCUT2D eigenvalue weighted by molar-refractivity contribution is 0.547. The fourth-order valence-electron chi connectivity index (χ4n) is 3.59. The van der Waals surface area contributed by atoms with Crippen LogP contribution in [0, 0.1) is 0 Å². The third-order valence-electron chi connectivity index (χ3n) is 4.49. The third kappa shape index (κ3) is 1.93. The van der Waals surface area contributed by atoms with Gasteiger partial charge in [0.25, 0.3) is 0 Å². The van der Waals surface area contributed by atoms with Gasteiger partial charge in [0.05, 0.1) is 0 Å². The van der Waals surface area contributed by atoms with Crippen LogP contribution in [0.25, 0.3) is 0 Å². The van der Waals surface area contributed by atoms with Gasteiger partial charge in [-0.1, -0.05) is 31.0 Å². The topological polar surface area (TPSA) is 29.3 Å². The molecule has 1 aromatic rings. The Balaban J connectivity index is 2.03. The van der Waals surface area contributed by atoms with Crippen LogP contribution in [0.5, 0.6) is 0 Å². The maximum Gasteiger partial charge on any atom is 0.0453 e. The average Bonchev–Trinajstić information content (AvgIpc) is 2.95. The molecule has 0 spiro atoms. The molecule has 1 fully saturated rings. The van der Waals surface area contributed by atoms with Crippen molar-refractivity contribution in [1.29, 1.82) is 0 Å². The number of anilines is 1. The van der Waals surface area contributed by atoms with E-state index in [0.717, 1.165) is 6.04 Å². The molecule has 1 aliphatic heterocycles. The smallest absolute Gasteiger partial charge is 0.0453 e. The van der Waals surface area contributed by atoms with E-state index in [0.29, 0.717) is 0 Å². The van der Waals surface area contributed by atoms with Crippen LogP contribution < -0.4 is 10.6 Å². The van der Waals surface area contributed by atoms with E-state index >= 15 is 0 Å². The van der Waals surface area contributed by atoms with E-state index < -0.39 is 0 Å². The molecule has 1 aromatic carbocycles. The minimum atomic E-state index is -0.244. The van der Waals surface area contributed by atoms with E-state index in [9.17, 15) is 0 Å². The number of hydrogen-bond acceptors (Lipinski definition) is 2. The second kappa shape index (κ2) is 4.27. The minimum absolute atomic E-state index is 0.244. The lowest BCUT2D eigenvalue weighted by Crippen LogP contribution is -2.36. The number of nitrogens with two attached hydrogens (primary N) is 1. The van der Waals surface area contributed by atoms with E-state index in [1.165, 1.54) is 55.5 Å². The van der Waals surface area contributed by atoms with Gasteiger partial charge in [-0.05, 0) is 44.2 Å². The maximum atomic E-state index is 6.36. The first-order valence-corrected chi connectivity index (χ1v) is 7.25. The van der Waals surface area contributed by atoms with Gasteiger partial charge in [-0.3, -0.25) is 0 Å². The van der Waals surface area contributed by atoms with Crippen LogP contribution >= 0.6 is 0 Å². The maximum absolute atomic E-state index is 6.36. The molecule has 0 radical (unpaired) electrons. The quantitative estimate of drug-likeness (QED) is 0.865. The van der Waals surface area contributed by atoms with Crippen molar-refractivity contribution in [3.8, 4) is 0 Å². The van der Waals surface area contributed by atoms with Gasteiger partial charge in [-0.15, -0.1) is 0 Å². The van der Waals surface area contributed by atoms with E-state index in [1.807, 2.05) is 0 Å². The molecule has 98 valence electrons. The molecule has 0 aromatic heterocycles. The minimum Gasteiger partial charge on any atom is -0.368 e. The van der Waals surface area contributed by atoms with Gasteiger partial charge in [0.1, 0.15) is 0 Å². The Morgan fingerprint density at radius 2 is 1.94 bits per heavy atom. The second-order valence-corrected chi connectivity index (χ2v) is 6.42. The van der Waals surface area contributed by atoms with Crippen LogP contribution in [0.1, 0.15) is 50.7 Å².